The van der Waals surface area contributed by atoms with Gasteiger partial charge in [-0.15, -0.1) is 0 Å². The number of fused-ring (bicyclic) bond motifs is 2. The molecule has 0 radical (unpaired) electrons. The number of nitrogens with zero attached hydrogens (tertiary/aromatic N) is 1. The average molecular weight is 240 g/mol. The van der Waals surface area contributed by atoms with Crippen LogP contribution in [0.5, 0.6) is 0 Å². The molecule has 0 amide bonds. The molecule has 0 bridgehead atoms. The first-order valence-corrected chi connectivity index (χ1v) is 5.58. The zero-order valence-corrected chi connectivity index (χ0v) is 9.82. The molecule has 90 valence electrons. The van der Waals surface area contributed by atoms with Crippen LogP contribution in [-0.4, -0.2) is 17.0 Å². The minimum Gasteiger partial charge on any atom is -0.388 e. The lowest BCUT2D eigenvalue weighted by molar-refractivity contribution is 1.19. The van der Waals surface area contributed by atoms with Gasteiger partial charge in [0.05, 0.1) is 10.9 Å². The quantitative estimate of drug-likeness (QED) is 0.565. The maximum atomic E-state index is 11.8. The van der Waals surface area contributed by atoms with Gasteiger partial charge in [-0.05, 0) is 35.0 Å². The van der Waals surface area contributed by atoms with E-state index < -0.39 is 0 Å². The molecule has 0 unspecified atom stereocenters. The summed E-state index contributed by atoms with van der Waals surface area (Å²) in [4.78, 5) is 18.4. The van der Waals surface area contributed by atoms with Gasteiger partial charge in [-0.3, -0.25) is 9.78 Å². The first-order valence-electron chi connectivity index (χ1n) is 5.58. The highest BCUT2D eigenvalue weighted by atomic mass is 16.1. The number of hydrogen-bond donors (Lipinski definition) is 3. The van der Waals surface area contributed by atoms with Crippen molar-refractivity contribution in [2.45, 2.75) is 0 Å². The molecule has 4 N–H and O–H groups in total. The van der Waals surface area contributed by atoms with E-state index in [1.54, 1.807) is 0 Å². The number of nitrogens with one attached hydrogen (secondary N) is 2. The van der Waals surface area contributed by atoms with Crippen LogP contribution in [0, 0.1) is 0 Å². The Kier molecular flexibility index (Phi) is 2.19. The van der Waals surface area contributed by atoms with Gasteiger partial charge in [0.1, 0.15) is 0 Å². The van der Waals surface area contributed by atoms with Gasteiger partial charge in [0.15, 0.2) is 0 Å². The highest BCUT2D eigenvalue weighted by Gasteiger charge is 2.04. The Balaban J connectivity index is 2.43. The van der Waals surface area contributed by atoms with Crippen molar-refractivity contribution < 1.29 is 0 Å². The highest BCUT2D eigenvalue weighted by molar-refractivity contribution is 5.97. The fourth-order valence-electron chi connectivity index (χ4n) is 2.06. The number of hydrogen-bond acceptors (Lipinski definition) is 4. The minimum absolute atomic E-state index is 0.138. The van der Waals surface area contributed by atoms with Gasteiger partial charge in [0, 0.05) is 12.7 Å². The normalized spacial score (nSPS) is 10.9. The number of nitrogens with two attached hydrogens (primary N) is 1. The molecule has 0 saturated heterocycles. The summed E-state index contributed by atoms with van der Waals surface area (Å²) in [7, 11) is 1.86. The molecule has 18 heavy (non-hydrogen) atoms. The molecule has 5 nitrogen and oxygen atoms in total. The topological polar surface area (TPSA) is 83.8 Å². The number of H-pyrrole nitrogens is 1. The summed E-state index contributed by atoms with van der Waals surface area (Å²) in [6.07, 6.45) is 0. The molecule has 0 aliphatic rings. The van der Waals surface area contributed by atoms with E-state index in [0.717, 1.165) is 16.5 Å². The van der Waals surface area contributed by atoms with Gasteiger partial charge in [-0.25, -0.2) is 4.98 Å². The number of aromatic amines is 1. The van der Waals surface area contributed by atoms with Crippen molar-refractivity contribution in [3.05, 3.63) is 40.7 Å². The lowest BCUT2D eigenvalue weighted by Crippen LogP contribution is -2.11. The smallest absolute Gasteiger partial charge is 0.260 e. The monoisotopic (exact) mass is 240 g/mol. The molecular weight excluding hydrogens is 228 g/mol. The minimum atomic E-state index is -0.214. The third-order valence-corrected chi connectivity index (χ3v) is 2.97. The number of aromatic nitrogens is 2. The Morgan fingerprint density at radius 3 is 2.83 bits per heavy atom. The van der Waals surface area contributed by atoms with Gasteiger partial charge in [-0.2, -0.15) is 0 Å². The molecule has 0 atom stereocenters. The van der Waals surface area contributed by atoms with E-state index in [2.05, 4.69) is 15.3 Å². The molecule has 0 aliphatic carbocycles. The van der Waals surface area contributed by atoms with Crippen LogP contribution in [0.4, 0.5) is 11.6 Å². The van der Waals surface area contributed by atoms with Crippen LogP contribution in [0.2, 0.25) is 0 Å². The second-order valence-electron chi connectivity index (χ2n) is 4.13. The first-order chi connectivity index (χ1) is 8.67. The number of anilines is 2. The summed E-state index contributed by atoms with van der Waals surface area (Å²) in [6, 6.07) is 9.65. The zero-order chi connectivity index (χ0) is 12.7. The van der Waals surface area contributed by atoms with Crippen molar-refractivity contribution in [2.24, 2.45) is 0 Å². The molecule has 0 aliphatic heterocycles. The van der Waals surface area contributed by atoms with Gasteiger partial charge >= 0.3 is 0 Å². The Morgan fingerprint density at radius 1 is 1.22 bits per heavy atom. The second kappa shape index (κ2) is 3.73. The van der Waals surface area contributed by atoms with Gasteiger partial charge in [0.25, 0.3) is 5.56 Å². The van der Waals surface area contributed by atoms with Crippen molar-refractivity contribution in [2.75, 3.05) is 18.1 Å². The lowest BCUT2D eigenvalue weighted by atomic mass is 10.1. The van der Waals surface area contributed by atoms with Crippen LogP contribution in [-0.2, 0) is 0 Å². The van der Waals surface area contributed by atoms with Crippen LogP contribution in [0.15, 0.2) is 35.1 Å². The molecule has 3 aromatic rings. The Hall–Kier alpha value is -2.56. The lowest BCUT2D eigenvalue weighted by Gasteiger charge is -2.05. The van der Waals surface area contributed by atoms with E-state index >= 15 is 0 Å². The van der Waals surface area contributed by atoms with E-state index in [0.29, 0.717) is 10.9 Å². The van der Waals surface area contributed by atoms with E-state index in [4.69, 9.17) is 5.73 Å². The molecule has 1 aromatic heterocycles. The van der Waals surface area contributed by atoms with Crippen molar-refractivity contribution >= 4 is 33.3 Å². The number of nitrogen functional groups attached to an aromatic ring is 1. The Bertz CT molecular complexity index is 807. The SMILES string of the molecule is CNc1ccc2cc3nc(N)[nH]c(=O)c3cc2c1. The van der Waals surface area contributed by atoms with Gasteiger partial charge in [0.2, 0.25) is 5.95 Å². The van der Waals surface area contributed by atoms with Crippen LogP contribution in [0.3, 0.4) is 0 Å². The molecule has 5 heteroatoms. The zero-order valence-electron chi connectivity index (χ0n) is 9.82. The standard InChI is InChI=1S/C13H12N4O/c1-15-9-3-2-7-6-11-10(5-8(7)4-9)12(18)17-13(14)16-11/h2-6,15H,1H3,(H3,14,16,17,18). The highest BCUT2D eigenvalue weighted by Crippen LogP contribution is 2.22. The van der Waals surface area contributed by atoms with Gasteiger partial charge in [-0.1, -0.05) is 6.07 Å². The molecular formula is C13H12N4O. The molecule has 3 rings (SSSR count). The van der Waals surface area contributed by atoms with Crippen LogP contribution in [0.1, 0.15) is 0 Å². The Labute approximate surface area is 103 Å². The average Bonchev–Trinajstić information content (AvgIpc) is 2.36. The Morgan fingerprint density at radius 2 is 2.06 bits per heavy atom. The van der Waals surface area contributed by atoms with E-state index in [1.165, 1.54) is 0 Å². The van der Waals surface area contributed by atoms with Crippen molar-refractivity contribution in [3.8, 4) is 0 Å². The van der Waals surface area contributed by atoms with Crippen LogP contribution < -0.4 is 16.6 Å². The molecule has 0 spiro atoms. The predicted octanol–water partition coefficient (Wildman–Crippen LogP) is 1.70. The largest absolute Gasteiger partial charge is 0.388 e. The summed E-state index contributed by atoms with van der Waals surface area (Å²) in [5.41, 5.74) is 6.94. The predicted molar refractivity (Wildman–Crippen MR) is 73.8 cm³/mol. The summed E-state index contributed by atoms with van der Waals surface area (Å²) in [5, 5.41) is 5.63. The molecule has 0 fully saturated rings. The maximum absolute atomic E-state index is 11.8. The van der Waals surface area contributed by atoms with E-state index in [1.807, 2.05) is 37.4 Å². The van der Waals surface area contributed by atoms with Crippen molar-refractivity contribution in [1.29, 1.82) is 0 Å². The number of rotatable bonds is 1. The summed E-state index contributed by atoms with van der Waals surface area (Å²) in [6.45, 7) is 0. The van der Waals surface area contributed by atoms with Crippen LogP contribution >= 0.6 is 0 Å². The van der Waals surface area contributed by atoms with Crippen molar-refractivity contribution in [1.82, 2.24) is 9.97 Å². The fourth-order valence-corrected chi connectivity index (χ4v) is 2.06. The third kappa shape index (κ3) is 1.57. The van der Waals surface area contributed by atoms with Gasteiger partial charge < -0.3 is 11.1 Å². The van der Waals surface area contributed by atoms with E-state index in [9.17, 15) is 4.79 Å². The first kappa shape index (κ1) is 10.6. The number of benzene rings is 2. The summed E-state index contributed by atoms with van der Waals surface area (Å²) in [5.74, 6) is 0.138. The second-order valence-corrected chi connectivity index (χ2v) is 4.13. The summed E-state index contributed by atoms with van der Waals surface area (Å²) >= 11 is 0. The molecule has 1 heterocycles. The maximum Gasteiger partial charge on any atom is 0.260 e. The van der Waals surface area contributed by atoms with Crippen molar-refractivity contribution in [3.63, 3.8) is 0 Å². The summed E-state index contributed by atoms with van der Waals surface area (Å²) < 4.78 is 0. The third-order valence-electron chi connectivity index (χ3n) is 2.97. The molecule has 2 aromatic carbocycles. The van der Waals surface area contributed by atoms with E-state index in [-0.39, 0.29) is 11.5 Å². The van der Waals surface area contributed by atoms with Crippen LogP contribution in [0.25, 0.3) is 21.7 Å². The molecule has 0 saturated carbocycles. The fraction of sp³-hybridized carbons (Fsp3) is 0.0769.